The van der Waals surface area contributed by atoms with Crippen LogP contribution in [0.15, 0.2) is 28.9 Å². The average molecular weight is 258 g/mol. The second-order valence-electron chi connectivity index (χ2n) is 3.77. The van der Waals surface area contributed by atoms with Gasteiger partial charge >= 0.3 is 0 Å². The molecule has 0 saturated carbocycles. The molecular formula is C11H11FO4S. The molecule has 1 unspecified atom stereocenters. The largest absolute Gasteiger partial charge is 0.464 e. The van der Waals surface area contributed by atoms with Crippen LogP contribution in [0.5, 0.6) is 0 Å². The van der Waals surface area contributed by atoms with Crippen LogP contribution in [0.2, 0.25) is 0 Å². The van der Waals surface area contributed by atoms with Crippen LogP contribution in [0.4, 0.5) is 4.39 Å². The van der Waals surface area contributed by atoms with Gasteiger partial charge < -0.3 is 4.42 Å². The van der Waals surface area contributed by atoms with E-state index in [-0.39, 0.29) is 0 Å². The minimum absolute atomic E-state index is 0.410. The molecule has 0 aliphatic rings. The van der Waals surface area contributed by atoms with Gasteiger partial charge in [-0.1, -0.05) is 0 Å². The van der Waals surface area contributed by atoms with Crippen molar-refractivity contribution < 1.29 is 21.4 Å². The molecule has 1 atom stereocenters. The summed E-state index contributed by atoms with van der Waals surface area (Å²) in [5.41, 5.74) is 0.996. The number of furan rings is 1. The third-order valence-electron chi connectivity index (χ3n) is 2.32. The average Bonchev–Trinajstić information content (AvgIpc) is 2.57. The van der Waals surface area contributed by atoms with Gasteiger partial charge in [0.15, 0.2) is 0 Å². The molecule has 92 valence electrons. The molecule has 0 bridgehead atoms. The first kappa shape index (κ1) is 12.1. The fourth-order valence-corrected chi connectivity index (χ4v) is 2.28. The Morgan fingerprint density at radius 3 is 2.76 bits per heavy atom. The van der Waals surface area contributed by atoms with Crippen LogP contribution in [0.1, 0.15) is 18.6 Å². The standard InChI is InChI=1S/C11H11FO4S/c1-7(16-17(2,13)14)10-6-15-11-4-3-8(12)5-9(10)11/h3-7H,1-2H3. The first-order valence-corrected chi connectivity index (χ1v) is 6.73. The summed E-state index contributed by atoms with van der Waals surface area (Å²) < 4.78 is 45.1. The predicted octanol–water partition coefficient (Wildman–Crippen LogP) is 2.61. The summed E-state index contributed by atoms with van der Waals surface area (Å²) in [5, 5.41) is 0.515. The highest BCUT2D eigenvalue weighted by Gasteiger charge is 2.18. The van der Waals surface area contributed by atoms with Crippen molar-refractivity contribution in [1.29, 1.82) is 0 Å². The van der Waals surface area contributed by atoms with Crippen LogP contribution in [0.25, 0.3) is 11.0 Å². The van der Waals surface area contributed by atoms with Gasteiger partial charge in [-0.05, 0) is 25.1 Å². The molecule has 0 N–H and O–H groups in total. The van der Waals surface area contributed by atoms with E-state index < -0.39 is 22.0 Å². The topological polar surface area (TPSA) is 56.5 Å². The van der Waals surface area contributed by atoms with E-state index in [4.69, 9.17) is 8.60 Å². The van der Waals surface area contributed by atoms with E-state index in [1.165, 1.54) is 24.5 Å². The van der Waals surface area contributed by atoms with Crippen molar-refractivity contribution in [1.82, 2.24) is 0 Å². The van der Waals surface area contributed by atoms with Gasteiger partial charge in [0.1, 0.15) is 17.5 Å². The van der Waals surface area contributed by atoms with Gasteiger partial charge in [0.25, 0.3) is 10.1 Å². The third kappa shape index (κ3) is 2.65. The molecule has 0 aliphatic carbocycles. The number of fused-ring (bicyclic) bond motifs is 1. The van der Waals surface area contributed by atoms with Gasteiger partial charge in [-0.25, -0.2) is 4.39 Å². The Bertz CT molecular complexity index is 645. The van der Waals surface area contributed by atoms with Crippen molar-refractivity contribution in [2.24, 2.45) is 0 Å². The van der Waals surface area contributed by atoms with E-state index in [1.54, 1.807) is 6.92 Å². The van der Waals surface area contributed by atoms with E-state index in [0.29, 0.717) is 16.5 Å². The van der Waals surface area contributed by atoms with Gasteiger partial charge in [0.2, 0.25) is 0 Å². The Hall–Kier alpha value is -1.40. The summed E-state index contributed by atoms with van der Waals surface area (Å²) in [4.78, 5) is 0. The molecule has 0 radical (unpaired) electrons. The van der Waals surface area contributed by atoms with Crippen molar-refractivity contribution in [2.75, 3.05) is 6.26 Å². The molecule has 1 heterocycles. The van der Waals surface area contributed by atoms with E-state index in [1.807, 2.05) is 0 Å². The summed E-state index contributed by atoms with van der Waals surface area (Å²) in [6.07, 6.45) is 1.62. The number of benzene rings is 1. The summed E-state index contributed by atoms with van der Waals surface area (Å²) in [6.45, 7) is 1.57. The fraction of sp³-hybridized carbons (Fsp3) is 0.273. The highest BCUT2D eigenvalue weighted by molar-refractivity contribution is 7.86. The lowest BCUT2D eigenvalue weighted by molar-refractivity contribution is 0.237. The minimum atomic E-state index is -3.56. The molecule has 1 aromatic heterocycles. The van der Waals surface area contributed by atoms with Crippen molar-refractivity contribution in [3.8, 4) is 0 Å². The molecule has 2 rings (SSSR count). The molecule has 0 spiro atoms. The normalized spacial score (nSPS) is 14.1. The van der Waals surface area contributed by atoms with E-state index in [9.17, 15) is 12.8 Å². The van der Waals surface area contributed by atoms with Crippen molar-refractivity contribution in [3.05, 3.63) is 35.8 Å². The number of rotatable bonds is 3. The zero-order valence-corrected chi connectivity index (χ0v) is 10.1. The lowest BCUT2D eigenvalue weighted by Crippen LogP contribution is -2.07. The lowest BCUT2D eigenvalue weighted by atomic mass is 10.1. The van der Waals surface area contributed by atoms with Crippen molar-refractivity contribution in [3.63, 3.8) is 0 Å². The lowest BCUT2D eigenvalue weighted by Gasteiger charge is -2.08. The van der Waals surface area contributed by atoms with Crippen LogP contribution < -0.4 is 0 Å². The Kier molecular flexibility index (Phi) is 2.92. The van der Waals surface area contributed by atoms with Crippen LogP contribution in [-0.4, -0.2) is 14.7 Å². The van der Waals surface area contributed by atoms with Crippen LogP contribution in [0, 0.1) is 5.82 Å². The first-order valence-electron chi connectivity index (χ1n) is 4.92. The van der Waals surface area contributed by atoms with Gasteiger partial charge in [-0.3, -0.25) is 4.18 Å². The SMILES string of the molecule is CC(OS(C)(=O)=O)c1coc2ccc(F)cc12. The highest BCUT2D eigenvalue weighted by atomic mass is 32.2. The second kappa shape index (κ2) is 4.12. The molecule has 17 heavy (non-hydrogen) atoms. The van der Waals surface area contributed by atoms with Gasteiger partial charge in [-0.2, -0.15) is 8.42 Å². The summed E-state index contributed by atoms with van der Waals surface area (Å²) in [7, 11) is -3.56. The molecule has 4 nitrogen and oxygen atoms in total. The Morgan fingerprint density at radius 2 is 2.12 bits per heavy atom. The van der Waals surface area contributed by atoms with Gasteiger partial charge in [0.05, 0.1) is 12.5 Å². The van der Waals surface area contributed by atoms with Gasteiger partial charge in [0, 0.05) is 10.9 Å². The zero-order chi connectivity index (χ0) is 12.6. The maximum atomic E-state index is 13.1. The fourth-order valence-electron chi connectivity index (χ4n) is 1.65. The molecular weight excluding hydrogens is 247 g/mol. The Balaban J connectivity index is 2.45. The number of hydrogen-bond acceptors (Lipinski definition) is 4. The Labute approximate surface area is 98.1 Å². The van der Waals surface area contributed by atoms with Crippen LogP contribution in [0.3, 0.4) is 0 Å². The van der Waals surface area contributed by atoms with Crippen molar-refractivity contribution in [2.45, 2.75) is 13.0 Å². The summed E-state index contributed by atoms with van der Waals surface area (Å²) in [5.74, 6) is -0.410. The maximum Gasteiger partial charge on any atom is 0.264 e. The van der Waals surface area contributed by atoms with Gasteiger partial charge in [-0.15, -0.1) is 0 Å². The van der Waals surface area contributed by atoms with E-state index in [0.717, 1.165) is 6.26 Å². The quantitative estimate of drug-likeness (QED) is 0.794. The Morgan fingerprint density at radius 1 is 1.41 bits per heavy atom. The second-order valence-corrected chi connectivity index (χ2v) is 5.37. The third-order valence-corrected chi connectivity index (χ3v) is 2.96. The van der Waals surface area contributed by atoms with E-state index in [2.05, 4.69) is 0 Å². The molecule has 0 saturated heterocycles. The molecule has 2 aromatic rings. The minimum Gasteiger partial charge on any atom is -0.464 e. The van der Waals surface area contributed by atoms with Crippen molar-refractivity contribution >= 4 is 21.1 Å². The first-order chi connectivity index (χ1) is 7.87. The number of halogens is 1. The summed E-state index contributed by atoms with van der Waals surface area (Å²) in [6, 6.07) is 4.05. The molecule has 0 amide bonds. The van der Waals surface area contributed by atoms with Crippen LogP contribution >= 0.6 is 0 Å². The van der Waals surface area contributed by atoms with E-state index >= 15 is 0 Å². The smallest absolute Gasteiger partial charge is 0.264 e. The molecule has 0 aliphatic heterocycles. The van der Waals surface area contributed by atoms with Crippen LogP contribution in [-0.2, 0) is 14.3 Å². The molecule has 1 aromatic carbocycles. The predicted molar refractivity (Wildman–Crippen MR) is 60.5 cm³/mol. The molecule has 6 heteroatoms. The summed E-state index contributed by atoms with van der Waals surface area (Å²) >= 11 is 0. The maximum absolute atomic E-state index is 13.1. The molecule has 0 fully saturated rings. The number of hydrogen-bond donors (Lipinski definition) is 0. The zero-order valence-electron chi connectivity index (χ0n) is 9.31. The highest BCUT2D eigenvalue weighted by Crippen LogP contribution is 2.29. The monoisotopic (exact) mass is 258 g/mol.